The number of aromatic hydroxyl groups is 1. The van der Waals surface area contributed by atoms with Crippen LogP contribution in [0.1, 0.15) is 15.9 Å². The molecule has 0 aliphatic rings. The van der Waals surface area contributed by atoms with Crippen LogP contribution in [0.25, 0.3) is 10.8 Å². The van der Waals surface area contributed by atoms with E-state index in [1.807, 2.05) is 12.1 Å². The molecule has 10 nitrogen and oxygen atoms in total. The molecule has 0 heterocycles. The molecule has 3 rings (SSSR count). The van der Waals surface area contributed by atoms with E-state index < -0.39 is 27.1 Å². The predicted octanol–water partition coefficient (Wildman–Crippen LogP) is 3.13. The maximum absolute atomic E-state index is 12.2. The van der Waals surface area contributed by atoms with Crippen molar-refractivity contribution >= 4 is 34.3 Å². The molecular weight excluding hydrogens is 368 g/mol. The number of benzene rings is 3. The molecule has 0 aliphatic carbocycles. The maximum Gasteiger partial charge on any atom is 0.277 e. The second kappa shape index (κ2) is 7.50. The molecule has 1 amide bonds. The number of hydrogen-bond acceptors (Lipinski definition) is 7. The zero-order valence-electron chi connectivity index (χ0n) is 14.1. The first kappa shape index (κ1) is 18.5. The molecule has 3 aromatic carbocycles. The summed E-state index contributed by atoms with van der Waals surface area (Å²) in [7, 11) is 0. The molecule has 0 aliphatic heterocycles. The minimum Gasteiger partial charge on any atom is -0.507 e. The van der Waals surface area contributed by atoms with Crippen LogP contribution in [0.4, 0.5) is 11.4 Å². The van der Waals surface area contributed by atoms with Gasteiger partial charge in [-0.05, 0) is 16.8 Å². The lowest BCUT2D eigenvalue weighted by molar-refractivity contribution is -0.394. The average Bonchev–Trinajstić information content (AvgIpc) is 2.69. The number of hydrazone groups is 1. The van der Waals surface area contributed by atoms with Crippen molar-refractivity contribution in [1.29, 1.82) is 0 Å². The number of nitro groups is 2. The van der Waals surface area contributed by atoms with Gasteiger partial charge in [0.2, 0.25) is 0 Å². The SMILES string of the molecule is O=C(N/N=C/c1c(O)ccc2ccccc12)c1cc([N+](=O)[O-])cc([N+](=O)[O-])c1. The van der Waals surface area contributed by atoms with Crippen LogP contribution in [0.3, 0.4) is 0 Å². The zero-order chi connectivity index (χ0) is 20.3. The number of rotatable bonds is 5. The molecule has 28 heavy (non-hydrogen) atoms. The van der Waals surface area contributed by atoms with Gasteiger partial charge in [-0.3, -0.25) is 25.0 Å². The fraction of sp³-hybridized carbons (Fsp3) is 0. The number of carbonyl (C=O) groups is 1. The van der Waals surface area contributed by atoms with Crippen molar-refractivity contribution in [2.75, 3.05) is 0 Å². The van der Waals surface area contributed by atoms with Crippen molar-refractivity contribution in [2.45, 2.75) is 0 Å². The number of carbonyl (C=O) groups excluding carboxylic acids is 1. The summed E-state index contributed by atoms with van der Waals surface area (Å²) in [5.74, 6) is -0.925. The highest BCUT2D eigenvalue weighted by Crippen LogP contribution is 2.25. The number of phenolic OH excluding ortho intramolecular Hbond substituents is 1. The van der Waals surface area contributed by atoms with Gasteiger partial charge in [-0.25, -0.2) is 5.43 Å². The van der Waals surface area contributed by atoms with Gasteiger partial charge in [-0.2, -0.15) is 5.10 Å². The lowest BCUT2D eigenvalue weighted by Gasteiger charge is -2.05. The molecule has 0 saturated heterocycles. The summed E-state index contributed by atoms with van der Waals surface area (Å²) < 4.78 is 0. The van der Waals surface area contributed by atoms with Crippen LogP contribution < -0.4 is 5.43 Å². The van der Waals surface area contributed by atoms with Gasteiger partial charge in [0.1, 0.15) is 5.75 Å². The molecule has 3 aromatic rings. The molecule has 0 bridgehead atoms. The molecule has 0 spiro atoms. The monoisotopic (exact) mass is 380 g/mol. The van der Waals surface area contributed by atoms with E-state index in [0.717, 1.165) is 23.6 Å². The van der Waals surface area contributed by atoms with Crippen LogP contribution in [0, 0.1) is 20.2 Å². The number of nitrogens with zero attached hydrogens (tertiary/aromatic N) is 3. The Morgan fingerprint density at radius 3 is 2.29 bits per heavy atom. The number of fused-ring (bicyclic) bond motifs is 1. The van der Waals surface area contributed by atoms with Crippen molar-refractivity contribution in [1.82, 2.24) is 5.43 Å². The summed E-state index contributed by atoms with van der Waals surface area (Å²) in [5, 5.41) is 37.1. The van der Waals surface area contributed by atoms with Crippen LogP contribution in [0.5, 0.6) is 5.75 Å². The Bertz CT molecular complexity index is 1110. The van der Waals surface area contributed by atoms with Crippen LogP contribution >= 0.6 is 0 Å². The summed E-state index contributed by atoms with van der Waals surface area (Å²) >= 11 is 0. The second-order valence-electron chi connectivity index (χ2n) is 5.67. The van der Waals surface area contributed by atoms with Crippen molar-refractivity contribution in [3.05, 3.63) is 86.0 Å². The van der Waals surface area contributed by atoms with Gasteiger partial charge in [0.05, 0.1) is 27.7 Å². The van der Waals surface area contributed by atoms with Crippen LogP contribution in [-0.4, -0.2) is 27.1 Å². The summed E-state index contributed by atoms with van der Waals surface area (Å²) in [6, 6.07) is 13.0. The zero-order valence-corrected chi connectivity index (χ0v) is 14.1. The summed E-state index contributed by atoms with van der Waals surface area (Å²) in [4.78, 5) is 32.3. The third kappa shape index (κ3) is 3.75. The summed E-state index contributed by atoms with van der Waals surface area (Å²) in [5.41, 5.74) is 1.04. The standard InChI is InChI=1S/C18H12N4O6/c23-17-6-5-11-3-1-2-4-15(11)16(17)10-19-20-18(24)12-7-13(21(25)26)9-14(8-12)22(27)28/h1-10,23H,(H,20,24)/b19-10+. The molecule has 0 atom stereocenters. The quantitative estimate of drug-likeness (QED) is 0.395. The fourth-order valence-corrected chi connectivity index (χ4v) is 2.58. The molecule has 2 N–H and O–H groups in total. The third-order valence-corrected chi connectivity index (χ3v) is 3.89. The molecule has 0 unspecified atom stereocenters. The lowest BCUT2D eigenvalue weighted by Crippen LogP contribution is -2.18. The van der Waals surface area contributed by atoms with Gasteiger partial charge in [-0.15, -0.1) is 0 Å². The molecule has 0 aromatic heterocycles. The number of hydrogen-bond donors (Lipinski definition) is 2. The predicted molar refractivity (Wildman–Crippen MR) is 100 cm³/mol. The van der Waals surface area contributed by atoms with Crippen LogP contribution in [0.15, 0.2) is 59.7 Å². The van der Waals surface area contributed by atoms with Gasteiger partial charge in [0.15, 0.2) is 0 Å². The Morgan fingerprint density at radius 2 is 1.64 bits per heavy atom. The van der Waals surface area contributed by atoms with E-state index in [4.69, 9.17) is 0 Å². The first-order valence-electron chi connectivity index (χ1n) is 7.85. The highest BCUT2D eigenvalue weighted by Gasteiger charge is 2.19. The average molecular weight is 380 g/mol. The fourth-order valence-electron chi connectivity index (χ4n) is 2.58. The number of nitrogens with one attached hydrogen (secondary N) is 1. The second-order valence-corrected chi connectivity index (χ2v) is 5.67. The Hall–Kier alpha value is -4.34. The Kier molecular flexibility index (Phi) is 4.94. The number of non-ortho nitro benzene ring substituents is 2. The Morgan fingerprint density at radius 1 is 1.00 bits per heavy atom. The van der Waals surface area contributed by atoms with E-state index in [0.29, 0.717) is 10.9 Å². The number of amides is 1. The van der Waals surface area contributed by atoms with Gasteiger partial charge >= 0.3 is 0 Å². The van der Waals surface area contributed by atoms with Gasteiger partial charge < -0.3 is 5.11 Å². The van der Waals surface area contributed by atoms with Gasteiger partial charge in [0.25, 0.3) is 17.3 Å². The molecule has 10 heteroatoms. The smallest absolute Gasteiger partial charge is 0.277 e. The number of nitro benzene ring substituents is 2. The van der Waals surface area contributed by atoms with E-state index in [9.17, 15) is 30.1 Å². The van der Waals surface area contributed by atoms with Crippen molar-refractivity contribution < 1.29 is 19.7 Å². The van der Waals surface area contributed by atoms with E-state index in [1.165, 1.54) is 12.3 Å². The molecule has 140 valence electrons. The van der Waals surface area contributed by atoms with E-state index >= 15 is 0 Å². The maximum atomic E-state index is 12.2. The van der Waals surface area contributed by atoms with Crippen molar-refractivity contribution in [2.24, 2.45) is 5.10 Å². The summed E-state index contributed by atoms with van der Waals surface area (Å²) in [6.07, 6.45) is 1.22. The molecular formula is C18H12N4O6. The minimum atomic E-state index is -0.872. The van der Waals surface area contributed by atoms with Crippen molar-refractivity contribution in [3.63, 3.8) is 0 Å². The van der Waals surface area contributed by atoms with Crippen molar-refractivity contribution in [3.8, 4) is 5.75 Å². The third-order valence-electron chi connectivity index (χ3n) is 3.89. The first-order chi connectivity index (χ1) is 13.4. The van der Waals surface area contributed by atoms with Gasteiger partial charge in [0, 0.05) is 17.7 Å². The van der Waals surface area contributed by atoms with E-state index in [2.05, 4.69) is 10.5 Å². The first-order valence-corrected chi connectivity index (χ1v) is 7.85. The van der Waals surface area contributed by atoms with Crippen LogP contribution in [0.2, 0.25) is 0 Å². The minimum absolute atomic E-state index is 0.0531. The largest absolute Gasteiger partial charge is 0.507 e. The Labute approximate surface area is 157 Å². The topological polar surface area (TPSA) is 148 Å². The number of phenols is 1. The normalized spacial score (nSPS) is 10.9. The Balaban J connectivity index is 1.88. The molecule has 0 radical (unpaired) electrons. The van der Waals surface area contributed by atoms with Gasteiger partial charge in [-0.1, -0.05) is 30.3 Å². The molecule has 0 fully saturated rings. The lowest BCUT2D eigenvalue weighted by atomic mass is 10.0. The highest BCUT2D eigenvalue weighted by atomic mass is 16.6. The van der Waals surface area contributed by atoms with Crippen LogP contribution in [-0.2, 0) is 0 Å². The van der Waals surface area contributed by atoms with E-state index in [1.54, 1.807) is 18.2 Å². The highest BCUT2D eigenvalue weighted by molar-refractivity contribution is 6.03. The molecule has 0 saturated carbocycles. The summed E-state index contributed by atoms with van der Waals surface area (Å²) in [6.45, 7) is 0. The van der Waals surface area contributed by atoms with E-state index in [-0.39, 0.29) is 11.3 Å².